The van der Waals surface area contributed by atoms with Crippen molar-refractivity contribution in [1.29, 1.82) is 0 Å². The van der Waals surface area contributed by atoms with Crippen molar-refractivity contribution < 1.29 is 28.0 Å². The highest BCUT2D eigenvalue weighted by atomic mass is 35.5. The maximum Gasteiger partial charge on any atom is 0.411 e. The number of alkyl halides is 2. The summed E-state index contributed by atoms with van der Waals surface area (Å²) in [4.78, 5) is 27.1. The minimum Gasteiger partial charge on any atom is -0.453 e. The number of nitrogens with two attached hydrogens (primary N) is 1. The lowest BCUT2D eigenvalue weighted by Crippen LogP contribution is -2.53. The minimum atomic E-state index is -2.75. The quantitative estimate of drug-likeness (QED) is 0.181. The molecule has 2 aliphatic rings. The van der Waals surface area contributed by atoms with Gasteiger partial charge < -0.3 is 10.5 Å². The smallest absolute Gasteiger partial charge is 0.411 e. The summed E-state index contributed by atoms with van der Waals surface area (Å²) >= 11 is 6.34. The number of hydrogen-bond acceptors (Lipinski definition) is 6. The third-order valence-electron chi connectivity index (χ3n) is 7.47. The van der Waals surface area contributed by atoms with Crippen LogP contribution in [0.4, 0.5) is 25.0 Å². The zero-order valence-corrected chi connectivity index (χ0v) is 23.8. The van der Waals surface area contributed by atoms with E-state index in [4.69, 9.17) is 27.3 Å². The highest BCUT2D eigenvalue weighted by Gasteiger charge is 2.41. The number of allylic oxidation sites excluding steroid dienone is 1. The Morgan fingerprint density at radius 1 is 1.23 bits per heavy atom. The Balaban J connectivity index is 1.38. The topological polar surface area (TPSA) is 108 Å². The van der Waals surface area contributed by atoms with Crippen molar-refractivity contribution in [1.82, 2.24) is 9.71 Å². The van der Waals surface area contributed by atoms with Gasteiger partial charge in [0.15, 0.2) is 5.69 Å². The monoisotopic (exact) mass is 605 g/mol. The van der Waals surface area contributed by atoms with E-state index in [2.05, 4.69) is 15.0 Å². The Hall–Kier alpha value is -4.77. The molecule has 12 heteroatoms. The molecule has 1 saturated carbocycles. The molecule has 1 unspecified atom stereocenters. The molecular formula is C31H28ClF2N6O3+. The van der Waals surface area contributed by atoms with Gasteiger partial charge in [0.25, 0.3) is 12.2 Å². The molecule has 1 atom stereocenters. The van der Waals surface area contributed by atoms with Gasteiger partial charge in [-0.3, -0.25) is 10.3 Å². The second kappa shape index (κ2) is 11.8. The van der Waals surface area contributed by atoms with E-state index in [9.17, 15) is 13.6 Å². The molecule has 2 aromatic heterocycles. The Morgan fingerprint density at radius 2 is 2.00 bits per heavy atom. The summed E-state index contributed by atoms with van der Waals surface area (Å²) < 4.78 is 34.6. The maximum absolute atomic E-state index is 13.2. The van der Waals surface area contributed by atoms with Crippen molar-refractivity contribution in [3.63, 3.8) is 0 Å². The zero-order chi connectivity index (χ0) is 30.1. The van der Waals surface area contributed by atoms with Crippen molar-refractivity contribution in [3.05, 3.63) is 95.3 Å². The van der Waals surface area contributed by atoms with Crippen LogP contribution in [0.5, 0.6) is 0 Å². The number of imidazole rings is 1. The van der Waals surface area contributed by atoms with E-state index in [-0.39, 0.29) is 11.5 Å². The first kappa shape index (κ1) is 28.4. The Labute approximate surface area is 251 Å². The molecule has 1 aliphatic carbocycles. The molecule has 4 aromatic rings. The van der Waals surface area contributed by atoms with Gasteiger partial charge in [-0.15, -0.1) is 4.94 Å². The summed E-state index contributed by atoms with van der Waals surface area (Å²) in [6.45, 7) is 0. The lowest BCUT2D eigenvalue weighted by molar-refractivity contribution is -0.913. The summed E-state index contributed by atoms with van der Waals surface area (Å²) in [7, 11) is 1.31. The van der Waals surface area contributed by atoms with Crippen molar-refractivity contribution in [2.45, 2.75) is 31.6 Å². The van der Waals surface area contributed by atoms with Crippen LogP contribution in [0.15, 0.2) is 83.8 Å². The number of methoxy groups -OCH3 is 1. The predicted octanol–water partition coefficient (Wildman–Crippen LogP) is 6.28. The highest BCUT2D eigenvalue weighted by Crippen LogP contribution is 2.42. The second-order valence-corrected chi connectivity index (χ2v) is 10.8. The predicted molar refractivity (Wildman–Crippen MR) is 158 cm³/mol. The molecule has 3 N–H and O–H groups in total. The van der Waals surface area contributed by atoms with E-state index in [0.29, 0.717) is 27.9 Å². The average molecular weight is 606 g/mol. The molecule has 0 saturated heterocycles. The molecule has 0 radical (unpaired) electrons. The van der Waals surface area contributed by atoms with Crippen molar-refractivity contribution >= 4 is 35.3 Å². The number of carbonyl (C=O) groups is 1. The Bertz CT molecular complexity index is 1730. The third kappa shape index (κ3) is 5.94. The summed E-state index contributed by atoms with van der Waals surface area (Å²) in [6.07, 6.45) is 5.50. The summed E-state index contributed by atoms with van der Waals surface area (Å²) in [5.41, 5.74) is 9.88. The minimum absolute atomic E-state index is 0.00976. The van der Waals surface area contributed by atoms with Crippen LogP contribution in [-0.4, -0.2) is 35.6 Å². The number of rotatable bonds is 8. The van der Waals surface area contributed by atoms with E-state index in [1.807, 2.05) is 30.5 Å². The van der Waals surface area contributed by atoms with Crippen LogP contribution >= 0.6 is 11.6 Å². The number of fused-ring (bicyclic) bond motifs is 2. The van der Waals surface area contributed by atoms with E-state index >= 15 is 0 Å². The van der Waals surface area contributed by atoms with Gasteiger partial charge in [-0.2, -0.15) is 0 Å². The number of halogens is 3. The first-order chi connectivity index (χ1) is 20.8. The number of ether oxygens (including phenoxy) is 1. The first-order valence-electron chi connectivity index (χ1n) is 13.7. The summed E-state index contributed by atoms with van der Waals surface area (Å²) in [5, 5.41) is 3.11. The Morgan fingerprint density at radius 3 is 2.70 bits per heavy atom. The largest absolute Gasteiger partial charge is 0.453 e. The number of nitrogens with one attached hydrogen (secondary N) is 1. The van der Waals surface area contributed by atoms with E-state index in [0.717, 1.165) is 47.2 Å². The molecule has 1 amide bonds. The molecule has 1 aliphatic heterocycles. The molecule has 1 fully saturated rings. The third-order valence-corrected chi connectivity index (χ3v) is 7.71. The lowest BCUT2D eigenvalue weighted by atomic mass is 9.95. The van der Waals surface area contributed by atoms with Gasteiger partial charge in [0, 0.05) is 39.8 Å². The number of aliphatic imine (C=N–C) groups is 1. The first-order valence-corrected chi connectivity index (χ1v) is 14.0. The average Bonchev–Trinajstić information content (AvgIpc) is 3.74. The van der Waals surface area contributed by atoms with E-state index in [1.54, 1.807) is 46.0 Å². The van der Waals surface area contributed by atoms with Crippen LogP contribution in [0.1, 0.15) is 36.7 Å². The van der Waals surface area contributed by atoms with Gasteiger partial charge in [-0.1, -0.05) is 24.4 Å². The van der Waals surface area contributed by atoms with Gasteiger partial charge in [0.05, 0.1) is 24.6 Å². The van der Waals surface area contributed by atoms with Gasteiger partial charge in [-0.25, -0.2) is 18.6 Å². The van der Waals surface area contributed by atoms with Crippen LogP contribution in [-0.2, 0) is 4.74 Å². The molecule has 43 heavy (non-hydrogen) atoms. The molecular weight excluding hydrogens is 578 g/mol. The van der Waals surface area contributed by atoms with E-state index in [1.165, 1.54) is 20.0 Å². The molecule has 2 aromatic carbocycles. The summed E-state index contributed by atoms with van der Waals surface area (Å²) in [5.74, 6) is 1.40. The van der Waals surface area contributed by atoms with Crippen LogP contribution < -0.4 is 20.7 Å². The fourth-order valence-electron chi connectivity index (χ4n) is 5.05. The number of pyridine rings is 1. The molecule has 220 valence electrons. The fourth-order valence-corrected chi connectivity index (χ4v) is 5.22. The molecule has 3 heterocycles. The van der Waals surface area contributed by atoms with Crippen molar-refractivity contribution in [2.75, 3.05) is 12.4 Å². The number of amides is 1. The normalized spacial score (nSPS) is 16.1. The van der Waals surface area contributed by atoms with Gasteiger partial charge >= 0.3 is 6.09 Å². The van der Waals surface area contributed by atoms with Gasteiger partial charge in [0.2, 0.25) is 5.69 Å². The number of aromatic nitrogens is 3. The van der Waals surface area contributed by atoms with Gasteiger partial charge in [0.1, 0.15) is 12.1 Å². The maximum atomic E-state index is 13.2. The van der Waals surface area contributed by atoms with Crippen LogP contribution in [0.3, 0.4) is 0 Å². The van der Waals surface area contributed by atoms with Gasteiger partial charge in [-0.05, 0) is 76.4 Å². The molecule has 6 rings (SSSR count). The van der Waals surface area contributed by atoms with Crippen molar-refractivity contribution in [3.8, 4) is 22.4 Å². The second-order valence-electron chi connectivity index (χ2n) is 10.4. The summed E-state index contributed by atoms with van der Waals surface area (Å²) in [6, 6.07) is 16.3. The molecule has 9 nitrogen and oxygen atoms in total. The number of nitrogens with zero attached hydrogens (tertiary/aromatic N) is 4. The number of anilines is 1. The number of benzene rings is 2. The van der Waals surface area contributed by atoms with Crippen LogP contribution in [0.25, 0.3) is 22.4 Å². The number of hydrogen-bond donors (Lipinski definition) is 2. The van der Waals surface area contributed by atoms with E-state index < -0.39 is 12.5 Å². The zero-order valence-electron chi connectivity index (χ0n) is 23.1. The number of carbonyl (C=O) groups excluding carboxylic acids is 1. The van der Waals surface area contributed by atoms with Crippen molar-refractivity contribution in [2.24, 2.45) is 16.6 Å². The lowest BCUT2D eigenvalue weighted by Gasteiger charge is -2.21. The molecule has 0 bridgehead atoms. The Kier molecular flexibility index (Phi) is 7.81. The standard InChI is InChI=1S/C31H27ClF2N6O3/c1-42-31(41)38-23-8-4-19(5-9-23)28-16-37-30-25(12-18-2-3-18)27-11-6-20(17-39(27)43-40(28)30)24-13-22(32)7-10-26(24)36-15-21(14-35)29(33)34/h4-11,13-18,25,29H,2-3,12H2,1H3,(H2-,35,36,38,41)/p+1. The molecule has 0 spiro atoms. The highest BCUT2D eigenvalue weighted by molar-refractivity contribution is 6.31. The fraction of sp³-hybridized carbons (Fsp3) is 0.226. The SMILES string of the molecule is COC(=O)Nc1ccc(-c2cnc3n2O[n+]2cc(-c4cc(Cl)ccc4N=C/C(=C\N)C(F)F)ccc2C3CC2CC2)cc1. The van der Waals surface area contributed by atoms with Crippen LogP contribution in [0, 0.1) is 5.92 Å². The van der Waals surface area contributed by atoms with Crippen LogP contribution in [0.2, 0.25) is 5.02 Å².